The van der Waals surface area contributed by atoms with E-state index in [4.69, 9.17) is 4.74 Å². The maximum atomic E-state index is 14.3. The summed E-state index contributed by atoms with van der Waals surface area (Å²) in [5, 5.41) is 5.82. The van der Waals surface area contributed by atoms with E-state index in [9.17, 15) is 14.4 Å². The molecule has 0 spiro atoms. The average Bonchev–Trinajstić information content (AvgIpc) is 2.86. The van der Waals surface area contributed by atoms with E-state index in [2.05, 4.69) is 17.6 Å². The van der Waals surface area contributed by atoms with E-state index < -0.39 is 23.8 Å². The highest BCUT2D eigenvalue weighted by molar-refractivity contribution is 5.92. The summed E-state index contributed by atoms with van der Waals surface area (Å²) in [6.45, 7) is 11.7. The number of hydrogen-bond acceptors (Lipinski definition) is 4. The summed E-state index contributed by atoms with van der Waals surface area (Å²) < 4.78 is 5.51. The van der Waals surface area contributed by atoms with Crippen LogP contribution in [-0.4, -0.2) is 47.0 Å². The Morgan fingerprint density at radius 2 is 1.44 bits per heavy atom. The molecule has 0 saturated carbocycles. The van der Waals surface area contributed by atoms with Crippen molar-refractivity contribution in [3.63, 3.8) is 0 Å². The molecule has 7 heteroatoms. The summed E-state index contributed by atoms with van der Waals surface area (Å²) in [6.07, 6.45) is 4.63. The van der Waals surface area contributed by atoms with Crippen LogP contribution in [0.4, 0.5) is 4.79 Å². The zero-order chi connectivity index (χ0) is 28.8. The molecule has 0 saturated heterocycles. The maximum absolute atomic E-state index is 14.3. The first kappa shape index (κ1) is 31.9. The predicted octanol–water partition coefficient (Wildman–Crippen LogP) is 6.19. The largest absolute Gasteiger partial charge is 0.444 e. The lowest BCUT2D eigenvalue weighted by Gasteiger charge is -2.35. The average molecular weight is 538 g/mol. The molecule has 0 aliphatic carbocycles. The minimum atomic E-state index is -0.907. The summed E-state index contributed by atoms with van der Waals surface area (Å²) in [4.78, 5) is 42.5. The number of rotatable bonds is 14. The number of nitrogens with one attached hydrogen (secondary N) is 2. The molecule has 0 aliphatic heterocycles. The van der Waals surface area contributed by atoms with E-state index in [1.165, 1.54) is 0 Å². The molecule has 214 valence electrons. The molecule has 2 aromatic carbocycles. The van der Waals surface area contributed by atoms with E-state index in [1.807, 2.05) is 74.5 Å². The monoisotopic (exact) mass is 537 g/mol. The number of nitrogens with zero attached hydrogens (tertiary/aromatic N) is 1. The Bertz CT molecular complexity index is 1020. The predicted molar refractivity (Wildman–Crippen MR) is 156 cm³/mol. The molecule has 2 unspecified atom stereocenters. The summed E-state index contributed by atoms with van der Waals surface area (Å²) in [5.74, 6) is -0.554. The first-order chi connectivity index (χ1) is 18.5. The molecule has 2 atom stereocenters. The van der Waals surface area contributed by atoms with Gasteiger partial charge in [0.15, 0.2) is 0 Å². The fraction of sp³-hybridized carbons (Fsp3) is 0.531. The SMILES string of the molecule is CCCCCCCN(C(=O)C(Cc1ccccc1)NC(=O)OC(C)(C)C)C(C(=O)NC(C)C)c1ccccc1. The first-order valence-corrected chi connectivity index (χ1v) is 14.2. The minimum Gasteiger partial charge on any atom is -0.444 e. The molecule has 39 heavy (non-hydrogen) atoms. The summed E-state index contributed by atoms with van der Waals surface area (Å²) in [6, 6.07) is 17.1. The molecule has 0 aliphatic rings. The van der Waals surface area contributed by atoms with Crippen LogP contribution in [0, 0.1) is 0 Å². The van der Waals surface area contributed by atoms with Gasteiger partial charge in [-0.1, -0.05) is 93.3 Å². The molecule has 3 amide bonds. The Morgan fingerprint density at radius 1 is 0.846 bits per heavy atom. The Kier molecular flexibility index (Phi) is 13.0. The van der Waals surface area contributed by atoms with Gasteiger partial charge in [-0.3, -0.25) is 9.59 Å². The molecular formula is C32H47N3O4. The third-order valence-corrected chi connectivity index (χ3v) is 6.16. The maximum Gasteiger partial charge on any atom is 0.408 e. The Labute approximate surface area is 234 Å². The van der Waals surface area contributed by atoms with Crippen LogP contribution in [0.25, 0.3) is 0 Å². The highest BCUT2D eigenvalue weighted by Crippen LogP contribution is 2.24. The first-order valence-electron chi connectivity index (χ1n) is 14.2. The van der Waals surface area contributed by atoms with Gasteiger partial charge in [-0.25, -0.2) is 4.79 Å². The second-order valence-corrected chi connectivity index (χ2v) is 11.3. The lowest BCUT2D eigenvalue weighted by atomic mass is 9.99. The summed E-state index contributed by atoms with van der Waals surface area (Å²) in [7, 11) is 0. The van der Waals surface area contributed by atoms with Gasteiger partial charge in [-0.2, -0.15) is 0 Å². The number of hydrogen-bond donors (Lipinski definition) is 2. The number of amides is 3. The number of unbranched alkanes of at least 4 members (excludes halogenated alkanes) is 4. The minimum absolute atomic E-state index is 0.0924. The third-order valence-electron chi connectivity index (χ3n) is 6.16. The van der Waals surface area contributed by atoms with Crippen LogP contribution in [0.2, 0.25) is 0 Å². The molecule has 0 aromatic heterocycles. The second-order valence-electron chi connectivity index (χ2n) is 11.3. The van der Waals surface area contributed by atoms with Gasteiger partial charge in [0.2, 0.25) is 11.8 Å². The molecule has 0 fully saturated rings. The smallest absolute Gasteiger partial charge is 0.408 e. The van der Waals surface area contributed by atoms with Crippen LogP contribution in [0.15, 0.2) is 60.7 Å². The van der Waals surface area contributed by atoms with Crippen molar-refractivity contribution in [2.24, 2.45) is 0 Å². The number of carbonyl (C=O) groups is 3. The van der Waals surface area contributed by atoms with Crippen molar-refractivity contribution in [3.05, 3.63) is 71.8 Å². The van der Waals surface area contributed by atoms with Crippen LogP contribution in [0.3, 0.4) is 0 Å². The van der Waals surface area contributed by atoms with Crippen molar-refractivity contribution in [3.8, 4) is 0 Å². The molecule has 0 radical (unpaired) electrons. The normalized spacial score (nSPS) is 12.9. The highest BCUT2D eigenvalue weighted by atomic mass is 16.6. The van der Waals surface area contributed by atoms with Gasteiger partial charge < -0.3 is 20.3 Å². The molecule has 0 heterocycles. The lowest BCUT2D eigenvalue weighted by Crippen LogP contribution is -2.54. The molecule has 2 rings (SSSR count). The van der Waals surface area contributed by atoms with Crippen LogP contribution < -0.4 is 10.6 Å². The fourth-order valence-corrected chi connectivity index (χ4v) is 4.42. The molecule has 0 bridgehead atoms. The Balaban J connectivity index is 2.48. The number of alkyl carbamates (subject to hydrolysis) is 1. The van der Waals surface area contributed by atoms with E-state index in [0.717, 1.165) is 43.2 Å². The molecule has 7 nitrogen and oxygen atoms in total. The Hall–Kier alpha value is -3.35. The molecule has 2 aromatic rings. The Morgan fingerprint density at radius 3 is 2.00 bits per heavy atom. The van der Waals surface area contributed by atoms with Crippen molar-refractivity contribution < 1.29 is 19.1 Å². The highest BCUT2D eigenvalue weighted by Gasteiger charge is 2.36. The van der Waals surface area contributed by atoms with Gasteiger partial charge in [-0.05, 0) is 52.2 Å². The van der Waals surface area contributed by atoms with E-state index in [0.29, 0.717) is 6.54 Å². The molecular weight excluding hydrogens is 490 g/mol. The second kappa shape index (κ2) is 15.9. The van der Waals surface area contributed by atoms with Crippen LogP contribution in [-0.2, 0) is 20.7 Å². The zero-order valence-corrected chi connectivity index (χ0v) is 24.5. The quantitative estimate of drug-likeness (QED) is 0.281. The topological polar surface area (TPSA) is 87.7 Å². The van der Waals surface area contributed by atoms with E-state index in [-0.39, 0.29) is 24.3 Å². The van der Waals surface area contributed by atoms with Gasteiger partial charge in [0.05, 0.1) is 0 Å². The number of carbonyl (C=O) groups excluding carboxylic acids is 3. The van der Waals surface area contributed by atoms with Gasteiger partial charge in [0.1, 0.15) is 17.7 Å². The standard InChI is InChI=1S/C32H47N3O4/c1-7-8-9-10-17-22-35(28(29(36)33-24(2)3)26-20-15-12-16-21-26)30(37)27(23-25-18-13-11-14-19-25)34-31(38)39-32(4,5)6/h11-16,18-21,24,27-28H,7-10,17,22-23H2,1-6H3,(H,33,36)(H,34,38). The van der Waals surface area contributed by atoms with Gasteiger partial charge in [-0.15, -0.1) is 0 Å². The number of benzene rings is 2. The van der Waals surface area contributed by atoms with Crippen LogP contribution >= 0.6 is 0 Å². The van der Waals surface area contributed by atoms with Gasteiger partial charge >= 0.3 is 6.09 Å². The van der Waals surface area contributed by atoms with Crippen molar-refractivity contribution >= 4 is 17.9 Å². The van der Waals surface area contributed by atoms with E-state index >= 15 is 0 Å². The summed E-state index contributed by atoms with van der Waals surface area (Å²) >= 11 is 0. The molecule has 2 N–H and O–H groups in total. The van der Waals surface area contributed by atoms with Crippen LogP contribution in [0.1, 0.15) is 90.8 Å². The van der Waals surface area contributed by atoms with Crippen molar-refractivity contribution in [1.29, 1.82) is 0 Å². The van der Waals surface area contributed by atoms with Gasteiger partial charge in [0.25, 0.3) is 0 Å². The lowest BCUT2D eigenvalue weighted by molar-refractivity contribution is -0.142. The van der Waals surface area contributed by atoms with Gasteiger partial charge in [0, 0.05) is 19.0 Å². The van der Waals surface area contributed by atoms with Crippen molar-refractivity contribution in [1.82, 2.24) is 15.5 Å². The summed E-state index contributed by atoms with van der Waals surface area (Å²) in [5.41, 5.74) is 0.915. The number of ether oxygens (including phenoxy) is 1. The zero-order valence-electron chi connectivity index (χ0n) is 24.5. The van der Waals surface area contributed by atoms with E-state index in [1.54, 1.807) is 25.7 Å². The fourth-order valence-electron chi connectivity index (χ4n) is 4.42. The van der Waals surface area contributed by atoms with Crippen LogP contribution in [0.5, 0.6) is 0 Å². The van der Waals surface area contributed by atoms with Crippen molar-refractivity contribution in [2.75, 3.05) is 6.54 Å². The third kappa shape index (κ3) is 11.5. The van der Waals surface area contributed by atoms with Crippen molar-refractivity contribution in [2.45, 2.75) is 104 Å².